The first-order valence-electron chi connectivity index (χ1n) is 5.10. The topological polar surface area (TPSA) is 77.8 Å². The number of benzene rings is 1. The lowest BCUT2D eigenvalue weighted by atomic mass is 10.1. The molecule has 1 rings (SSSR count). The summed E-state index contributed by atoms with van der Waals surface area (Å²) in [6.45, 7) is 4.41. The van der Waals surface area contributed by atoms with Gasteiger partial charge in [-0.2, -0.15) is 0 Å². The van der Waals surface area contributed by atoms with Crippen molar-refractivity contribution in [2.24, 2.45) is 5.73 Å². The van der Waals surface area contributed by atoms with Crippen LogP contribution in [0.2, 0.25) is 0 Å². The van der Waals surface area contributed by atoms with Crippen LogP contribution >= 0.6 is 12.4 Å². The minimum atomic E-state index is 0. The zero-order chi connectivity index (χ0) is 11.4. The van der Waals surface area contributed by atoms with Gasteiger partial charge in [-0.05, 0) is 25.0 Å². The molecular formula is C12H21ClN2O2. The van der Waals surface area contributed by atoms with Gasteiger partial charge in [0.1, 0.15) is 0 Å². The van der Waals surface area contributed by atoms with Crippen LogP contribution in [-0.2, 0) is 4.79 Å². The number of carbonyl (C=O) groups excluding carboxylic acids is 1. The molecule has 4 N–H and O–H groups in total. The van der Waals surface area contributed by atoms with Gasteiger partial charge in [0, 0.05) is 25.7 Å². The van der Waals surface area contributed by atoms with Crippen LogP contribution in [0.4, 0.5) is 5.69 Å². The zero-order valence-electron chi connectivity index (χ0n) is 10.5. The van der Waals surface area contributed by atoms with Crippen molar-refractivity contribution in [3.63, 3.8) is 0 Å². The van der Waals surface area contributed by atoms with Crippen LogP contribution < -0.4 is 10.6 Å². The molecule has 0 fully saturated rings. The quantitative estimate of drug-likeness (QED) is 0.887. The van der Waals surface area contributed by atoms with E-state index in [1.165, 1.54) is 0 Å². The van der Waals surface area contributed by atoms with Crippen LogP contribution in [-0.4, -0.2) is 25.0 Å². The van der Waals surface area contributed by atoms with Crippen molar-refractivity contribution in [3.8, 4) is 0 Å². The van der Waals surface area contributed by atoms with E-state index in [0.29, 0.717) is 13.0 Å². The van der Waals surface area contributed by atoms with Gasteiger partial charge in [-0.3, -0.25) is 4.79 Å². The summed E-state index contributed by atoms with van der Waals surface area (Å²) in [4.78, 5) is 13.4. The van der Waals surface area contributed by atoms with Crippen LogP contribution in [0.15, 0.2) is 18.2 Å². The van der Waals surface area contributed by atoms with E-state index in [-0.39, 0.29) is 23.8 Å². The lowest BCUT2D eigenvalue weighted by molar-refractivity contribution is -0.118. The van der Waals surface area contributed by atoms with Gasteiger partial charge in [0.15, 0.2) is 0 Å². The number of carbonyl (C=O) groups is 1. The van der Waals surface area contributed by atoms with Crippen molar-refractivity contribution in [1.82, 2.24) is 0 Å². The van der Waals surface area contributed by atoms with Crippen LogP contribution in [0.3, 0.4) is 0 Å². The Morgan fingerprint density at radius 2 is 1.76 bits per heavy atom. The van der Waals surface area contributed by atoms with Crippen molar-refractivity contribution in [1.29, 1.82) is 0 Å². The molecule has 17 heavy (non-hydrogen) atoms. The van der Waals surface area contributed by atoms with Gasteiger partial charge < -0.3 is 16.1 Å². The molecule has 0 heterocycles. The van der Waals surface area contributed by atoms with Gasteiger partial charge in [-0.15, -0.1) is 12.4 Å². The van der Waals surface area contributed by atoms with E-state index in [1.807, 2.05) is 32.0 Å². The number of anilines is 1. The number of hydrogen-bond donors (Lipinski definition) is 1. The molecular weight excluding hydrogens is 240 g/mol. The molecule has 0 aliphatic carbocycles. The summed E-state index contributed by atoms with van der Waals surface area (Å²) in [5, 5.41) is 0. The molecule has 1 aromatic carbocycles. The van der Waals surface area contributed by atoms with Crippen LogP contribution in [0, 0.1) is 13.8 Å². The highest BCUT2D eigenvalue weighted by molar-refractivity contribution is 5.94. The molecule has 5 heteroatoms. The first kappa shape index (κ1) is 18.3. The first-order valence-corrected chi connectivity index (χ1v) is 5.10. The van der Waals surface area contributed by atoms with Crippen molar-refractivity contribution < 1.29 is 10.3 Å². The Morgan fingerprint density at radius 3 is 2.18 bits per heavy atom. The normalized spacial score (nSPS) is 8.94. The Balaban J connectivity index is 0. The largest absolute Gasteiger partial charge is 0.412 e. The molecule has 4 nitrogen and oxygen atoms in total. The van der Waals surface area contributed by atoms with E-state index in [1.54, 1.807) is 11.9 Å². The molecule has 0 atom stereocenters. The van der Waals surface area contributed by atoms with E-state index in [4.69, 9.17) is 5.73 Å². The molecule has 0 aromatic heterocycles. The number of nitrogens with zero attached hydrogens (tertiary/aromatic N) is 1. The fraction of sp³-hybridized carbons (Fsp3) is 0.417. The summed E-state index contributed by atoms with van der Waals surface area (Å²) in [5.41, 5.74) is 8.60. The number of halogens is 1. The number of nitrogens with two attached hydrogens (primary N) is 1. The predicted molar refractivity (Wildman–Crippen MR) is 73.9 cm³/mol. The Kier molecular flexibility index (Phi) is 8.66. The lowest BCUT2D eigenvalue weighted by Crippen LogP contribution is -2.29. The first-order chi connectivity index (χ1) is 7.07. The summed E-state index contributed by atoms with van der Waals surface area (Å²) in [7, 11) is 1.80. The SMILES string of the molecule is Cc1cccc(C)c1N(C)C(=O)CCN.Cl.O. The lowest BCUT2D eigenvalue weighted by Gasteiger charge is -2.21. The van der Waals surface area contributed by atoms with Crippen molar-refractivity contribution in [3.05, 3.63) is 29.3 Å². The maximum Gasteiger partial charge on any atom is 0.228 e. The maximum atomic E-state index is 11.7. The van der Waals surface area contributed by atoms with Gasteiger partial charge in [0.25, 0.3) is 0 Å². The fourth-order valence-corrected chi connectivity index (χ4v) is 1.75. The van der Waals surface area contributed by atoms with Gasteiger partial charge in [0.2, 0.25) is 5.91 Å². The monoisotopic (exact) mass is 260 g/mol. The maximum absolute atomic E-state index is 11.7. The smallest absolute Gasteiger partial charge is 0.228 e. The molecule has 0 spiro atoms. The van der Waals surface area contributed by atoms with Gasteiger partial charge in [0.05, 0.1) is 0 Å². The average molecular weight is 261 g/mol. The molecule has 0 aliphatic heterocycles. The van der Waals surface area contributed by atoms with Gasteiger partial charge in [-0.25, -0.2) is 0 Å². The molecule has 0 saturated carbocycles. The molecule has 0 bridgehead atoms. The second kappa shape index (κ2) is 8.06. The molecule has 1 aromatic rings. The van der Waals surface area contributed by atoms with Crippen LogP contribution in [0.25, 0.3) is 0 Å². The summed E-state index contributed by atoms with van der Waals surface area (Å²) in [6, 6.07) is 6.01. The number of aryl methyl sites for hydroxylation is 2. The number of para-hydroxylation sites is 1. The summed E-state index contributed by atoms with van der Waals surface area (Å²) >= 11 is 0. The van der Waals surface area contributed by atoms with E-state index >= 15 is 0 Å². The minimum Gasteiger partial charge on any atom is -0.412 e. The van der Waals surface area contributed by atoms with E-state index in [9.17, 15) is 4.79 Å². The molecule has 0 unspecified atom stereocenters. The Labute approximate surface area is 109 Å². The van der Waals surface area contributed by atoms with Crippen molar-refractivity contribution in [2.45, 2.75) is 20.3 Å². The fourth-order valence-electron chi connectivity index (χ4n) is 1.75. The Bertz CT molecular complexity index is 349. The van der Waals surface area contributed by atoms with Crippen LogP contribution in [0.1, 0.15) is 17.5 Å². The molecule has 0 radical (unpaired) electrons. The Morgan fingerprint density at radius 1 is 1.29 bits per heavy atom. The van der Waals surface area contributed by atoms with Crippen LogP contribution in [0.5, 0.6) is 0 Å². The predicted octanol–water partition coefficient (Wildman–Crippen LogP) is 1.21. The minimum absolute atomic E-state index is 0. The van der Waals surface area contributed by atoms with Crippen molar-refractivity contribution in [2.75, 3.05) is 18.5 Å². The zero-order valence-corrected chi connectivity index (χ0v) is 11.3. The third-order valence-corrected chi connectivity index (χ3v) is 2.51. The number of amides is 1. The molecule has 0 saturated heterocycles. The summed E-state index contributed by atoms with van der Waals surface area (Å²) in [6.07, 6.45) is 0.393. The second-order valence-electron chi connectivity index (χ2n) is 3.73. The van der Waals surface area contributed by atoms with Gasteiger partial charge in [-0.1, -0.05) is 18.2 Å². The molecule has 0 aliphatic rings. The van der Waals surface area contributed by atoms with E-state index < -0.39 is 0 Å². The highest BCUT2D eigenvalue weighted by Crippen LogP contribution is 2.23. The molecule has 1 amide bonds. The molecule has 98 valence electrons. The van der Waals surface area contributed by atoms with Crippen molar-refractivity contribution >= 4 is 24.0 Å². The highest BCUT2D eigenvalue weighted by atomic mass is 35.5. The third kappa shape index (κ3) is 4.34. The number of hydrogen-bond acceptors (Lipinski definition) is 2. The Hall–Kier alpha value is -1.10. The summed E-state index contributed by atoms with van der Waals surface area (Å²) < 4.78 is 0. The average Bonchev–Trinajstić information content (AvgIpc) is 2.17. The second-order valence-corrected chi connectivity index (χ2v) is 3.73. The summed E-state index contributed by atoms with van der Waals surface area (Å²) in [5.74, 6) is 0.0647. The highest BCUT2D eigenvalue weighted by Gasteiger charge is 2.13. The van der Waals surface area contributed by atoms with E-state index in [2.05, 4.69) is 0 Å². The van der Waals surface area contributed by atoms with Gasteiger partial charge >= 0.3 is 0 Å². The van der Waals surface area contributed by atoms with E-state index in [0.717, 1.165) is 16.8 Å². The number of rotatable bonds is 3. The third-order valence-electron chi connectivity index (χ3n) is 2.51. The standard InChI is InChI=1S/C12H18N2O.ClH.H2O/c1-9-5-4-6-10(2)12(9)14(3)11(15)7-8-13;;/h4-6H,7-8,13H2,1-3H3;1H;1H2.